The fraction of sp³-hybridized carbons (Fsp3) is 0.538. The van der Waals surface area contributed by atoms with Gasteiger partial charge >= 0.3 is 0 Å². The van der Waals surface area contributed by atoms with Gasteiger partial charge in [0.05, 0.1) is 0 Å². The third-order valence-electron chi connectivity index (χ3n) is 2.69. The molecule has 0 radical (unpaired) electrons. The normalized spacial score (nSPS) is 15.1. The molecule has 0 heterocycles. The van der Waals surface area contributed by atoms with Gasteiger partial charge in [-0.2, -0.15) is 0 Å². The maximum absolute atomic E-state index is 3.71. The van der Waals surface area contributed by atoms with Crippen LogP contribution in [0.4, 0.5) is 0 Å². The fourth-order valence-electron chi connectivity index (χ4n) is 1.63. The van der Waals surface area contributed by atoms with Crippen LogP contribution in [0.3, 0.4) is 0 Å². The Morgan fingerprint density at radius 2 is 1.79 bits per heavy atom. The van der Waals surface area contributed by atoms with Crippen molar-refractivity contribution < 1.29 is 0 Å². The SMILES string of the molecule is CCC(Br)C(C)Cc1ccc(C)cc1. The van der Waals surface area contributed by atoms with Gasteiger partial charge < -0.3 is 0 Å². The molecule has 0 bridgehead atoms. The lowest BCUT2D eigenvalue weighted by Gasteiger charge is -2.16. The number of benzene rings is 1. The number of halogens is 1. The van der Waals surface area contributed by atoms with E-state index in [2.05, 4.69) is 61.0 Å². The third kappa shape index (κ3) is 3.45. The summed E-state index contributed by atoms with van der Waals surface area (Å²) in [5.41, 5.74) is 2.79. The van der Waals surface area contributed by atoms with E-state index in [9.17, 15) is 0 Å². The molecule has 0 aliphatic rings. The van der Waals surface area contributed by atoms with Gasteiger partial charge in [-0.25, -0.2) is 0 Å². The lowest BCUT2D eigenvalue weighted by atomic mass is 9.96. The van der Waals surface area contributed by atoms with Crippen molar-refractivity contribution in [3.8, 4) is 0 Å². The number of rotatable bonds is 4. The predicted octanol–water partition coefficient (Wildman–Crippen LogP) is 4.35. The minimum absolute atomic E-state index is 0.642. The van der Waals surface area contributed by atoms with E-state index in [4.69, 9.17) is 0 Å². The Kier molecular flexibility index (Phi) is 4.67. The van der Waals surface area contributed by atoms with Gasteiger partial charge in [-0.15, -0.1) is 0 Å². The second-order valence-electron chi connectivity index (χ2n) is 4.09. The van der Waals surface area contributed by atoms with Crippen molar-refractivity contribution in [1.29, 1.82) is 0 Å². The standard InChI is InChI=1S/C13H19Br/c1-4-13(14)11(3)9-12-7-5-10(2)6-8-12/h5-8,11,13H,4,9H2,1-3H3. The predicted molar refractivity (Wildman–Crippen MR) is 67.1 cm³/mol. The lowest BCUT2D eigenvalue weighted by molar-refractivity contribution is 0.545. The molecule has 0 saturated carbocycles. The summed E-state index contributed by atoms with van der Waals surface area (Å²) in [4.78, 5) is 0.642. The van der Waals surface area contributed by atoms with Crippen LogP contribution in [-0.4, -0.2) is 4.83 Å². The summed E-state index contributed by atoms with van der Waals surface area (Å²) in [7, 11) is 0. The van der Waals surface area contributed by atoms with Gasteiger partial charge in [0.25, 0.3) is 0 Å². The summed E-state index contributed by atoms with van der Waals surface area (Å²) < 4.78 is 0. The zero-order valence-corrected chi connectivity index (χ0v) is 10.8. The Hall–Kier alpha value is -0.300. The van der Waals surface area contributed by atoms with Gasteiger partial charge in [0.1, 0.15) is 0 Å². The van der Waals surface area contributed by atoms with Gasteiger partial charge in [-0.05, 0) is 31.2 Å². The Balaban J connectivity index is 2.56. The van der Waals surface area contributed by atoms with Crippen molar-refractivity contribution in [3.05, 3.63) is 35.4 Å². The molecule has 2 unspecified atom stereocenters. The van der Waals surface area contributed by atoms with Gasteiger partial charge in [0.15, 0.2) is 0 Å². The van der Waals surface area contributed by atoms with E-state index < -0.39 is 0 Å². The summed E-state index contributed by atoms with van der Waals surface area (Å²) in [6, 6.07) is 8.86. The van der Waals surface area contributed by atoms with Crippen molar-refractivity contribution in [2.75, 3.05) is 0 Å². The van der Waals surface area contributed by atoms with E-state index in [0.717, 1.165) is 0 Å². The van der Waals surface area contributed by atoms with Crippen LogP contribution in [0.2, 0.25) is 0 Å². The summed E-state index contributed by atoms with van der Waals surface area (Å²) in [5.74, 6) is 0.711. The van der Waals surface area contributed by atoms with Crippen LogP contribution < -0.4 is 0 Å². The van der Waals surface area contributed by atoms with Crippen molar-refractivity contribution in [1.82, 2.24) is 0 Å². The van der Waals surface area contributed by atoms with Crippen molar-refractivity contribution >= 4 is 15.9 Å². The number of alkyl halides is 1. The minimum Gasteiger partial charge on any atom is -0.0888 e. The first-order valence-corrected chi connectivity index (χ1v) is 6.24. The van der Waals surface area contributed by atoms with Gasteiger partial charge in [0.2, 0.25) is 0 Å². The highest BCUT2D eigenvalue weighted by Crippen LogP contribution is 2.20. The van der Waals surface area contributed by atoms with Gasteiger partial charge in [0, 0.05) is 4.83 Å². The Bertz CT molecular complexity index is 263. The minimum atomic E-state index is 0.642. The molecule has 1 aromatic carbocycles. The maximum Gasteiger partial charge on any atom is 0.0172 e. The monoisotopic (exact) mass is 254 g/mol. The second kappa shape index (κ2) is 5.55. The molecule has 1 heteroatoms. The largest absolute Gasteiger partial charge is 0.0888 e. The van der Waals surface area contributed by atoms with E-state index in [0.29, 0.717) is 10.7 Å². The van der Waals surface area contributed by atoms with E-state index >= 15 is 0 Å². The lowest BCUT2D eigenvalue weighted by Crippen LogP contribution is -2.12. The molecule has 0 saturated heterocycles. The topological polar surface area (TPSA) is 0 Å². The molecule has 2 atom stereocenters. The second-order valence-corrected chi connectivity index (χ2v) is 5.27. The highest BCUT2D eigenvalue weighted by atomic mass is 79.9. The first-order chi connectivity index (χ1) is 6.63. The molecule has 14 heavy (non-hydrogen) atoms. The molecule has 78 valence electrons. The van der Waals surface area contributed by atoms with Gasteiger partial charge in [-0.1, -0.05) is 59.6 Å². The van der Waals surface area contributed by atoms with Crippen LogP contribution in [0.15, 0.2) is 24.3 Å². The van der Waals surface area contributed by atoms with Crippen molar-refractivity contribution in [3.63, 3.8) is 0 Å². The summed E-state index contributed by atoms with van der Waals surface area (Å²) >= 11 is 3.71. The molecule has 0 N–H and O–H groups in total. The van der Waals surface area contributed by atoms with E-state index in [1.165, 1.54) is 24.0 Å². The number of hydrogen-bond acceptors (Lipinski definition) is 0. The molecule has 0 amide bonds. The van der Waals surface area contributed by atoms with E-state index in [1.807, 2.05) is 0 Å². The maximum atomic E-state index is 3.71. The molecule has 1 aromatic rings. The number of aryl methyl sites for hydroxylation is 1. The van der Waals surface area contributed by atoms with Crippen LogP contribution in [0.25, 0.3) is 0 Å². The van der Waals surface area contributed by atoms with Crippen molar-refractivity contribution in [2.45, 2.75) is 38.4 Å². The van der Waals surface area contributed by atoms with Crippen LogP contribution in [-0.2, 0) is 6.42 Å². The molecule has 0 aromatic heterocycles. The Labute approximate surface area is 95.9 Å². The zero-order valence-electron chi connectivity index (χ0n) is 9.26. The zero-order chi connectivity index (χ0) is 10.6. The van der Waals surface area contributed by atoms with Crippen LogP contribution in [0, 0.1) is 12.8 Å². The molecule has 0 fully saturated rings. The van der Waals surface area contributed by atoms with Crippen LogP contribution in [0.1, 0.15) is 31.4 Å². The molecule has 0 aliphatic carbocycles. The summed E-state index contributed by atoms with van der Waals surface area (Å²) in [5, 5.41) is 0. The Morgan fingerprint density at radius 1 is 1.21 bits per heavy atom. The fourth-order valence-corrected chi connectivity index (χ4v) is 1.81. The average Bonchev–Trinajstić information content (AvgIpc) is 2.20. The smallest absolute Gasteiger partial charge is 0.0172 e. The first-order valence-electron chi connectivity index (χ1n) is 5.33. The Morgan fingerprint density at radius 3 is 2.29 bits per heavy atom. The molecule has 0 spiro atoms. The summed E-state index contributed by atoms with van der Waals surface area (Å²) in [6.45, 7) is 6.67. The summed E-state index contributed by atoms with van der Waals surface area (Å²) in [6.07, 6.45) is 2.37. The molecule has 0 nitrogen and oxygen atoms in total. The van der Waals surface area contributed by atoms with Crippen LogP contribution >= 0.6 is 15.9 Å². The highest BCUT2D eigenvalue weighted by molar-refractivity contribution is 9.09. The molecular formula is C13H19Br. The molecule has 1 rings (SSSR count). The number of hydrogen-bond donors (Lipinski definition) is 0. The van der Waals surface area contributed by atoms with Gasteiger partial charge in [-0.3, -0.25) is 0 Å². The average molecular weight is 255 g/mol. The van der Waals surface area contributed by atoms with E-state index in [1.54, 1.807) is 0 Å². The van der Waals surface area contributed by atoms with E-state index in [-0.39, 0.29) is 0 Å². The third-order valence-corrected chi connectivity index (χ3v) is 4.24. The van der Waals surface area contributed by atoms with Crippen LogP contribution in [0.5, 0.6) is 0 Å². The van der Waals surface area contributed by atoms with Crippen molar-refractivity contribution in [2.24, 2.45) is 5.92 Å². The first kappa shape index (κ1) is 11.8. The highest BCUT2D eigenvalue weighted by Gasteiger charge is 2.11. The molecular weight excluding hydrogens is 236 g/mol. The quantitative estimate of drug-likeness (QED) is 0.702. The molecule has 0 aliphatic heterocycles.